The van der Waals surface area contributed by atoms with E-state index in [2.05, 4.69) is 37.3 Å². The van der Waals surface area contributed by atoms with Crippen LogP contribution in [0.4, 0.5) is 0 Å². The van der Waals surface area contributed by atoms with E-state index in [9.17, 15) is 4.79 Å². The Hall–Kier alpha value is -1.89. The molecule has 0 saturated heterocycles. The lowest BCUT2D eigenvalue weighted by atomic mass is 9.70. The molecule has 0 amide bonds. The minimum absolute atomic E-state index is 0.141. The minimum Gasteiger partial charge on any atom is -0.294 e. The van der Waals surface area contributed by atoms with Gasteiger partial charge >= 0.3 is 0 Å². The van der Waals surface area contributed by atoms with Gasteiger partial charge in [-0.3, -0.25) is 4.79 Å². The molecule has 0 saturated carbocycles. The Bertz CT molecular complexity index is 615. The largest absolute Gasteiger partial charge is 0.294 e. The van der Waals surface area contributed by atoms with Gasteiger partial charge in [-0.05, 0) is 29.9 Å². The molecule has 0 radical (unpaired) electrons. The van der Waals surface area contributed by atoms with Gasteiger partial charge < -0.3 is 0 Å². The average Bonchev–Trinajstić information content (AvgIpc) is 2.55. The molecule has 1 nitrogen and oxygen atoms in total. The van der Waals surface area contributed by atoms with E-state index in [4.69, 9.17) is 0 Å². The molecule has 0 aromatic heterocycles. The lowest BCUT2D eigenvalue weighted by Gasteiger charge is -2.32. The molecule has 0 fully saturated rings. The lowest BCUT2D eigenvalue weighted by molar-refractivity contribution is 0.0874. The second-order valence-corrected chi connectivity index (χ2v) is 5.99. The molecule has 0 bridgehead atoms. The first-order chi connectivity index (χ1) is 10.3. The highest BCUT2D eigenvalue weighted by molar-refractivity contribution is 6.01. The molecule has 3 rings (SSSR count). The van der Waals surface area contributed by atoms with Crippen molar-refractivity contribution in [2.24, 2.45) is 5.92 Å². The van der Waals surface area contributed by atoms with E-state index in [1.807, 2.05) is 24.3 Å². The van der Waals surface area contributed by atoms with Crippen molar-refractivity contribution in [1.82, 2.24) is 0 Å². The molecule has 108 valence electrons. The molecular weight excluding hydrogens is 256 g/mol. The molecule has 2 unspecified atom stereocenters. The molecule has 0 spiro atoms. The minimum atomic E-state index is 0.141. The summed E-state index contributed by atoms with van der Waals surface area (Å²) in [6.45, 7) is 2.19. The Morgan fingerprint density at radius 3 is 2.48 bits per heavy atom. The lowest BCUT2D eigenvalue weighted by Crippen LogP contribution is -2.30. The fourth-order valence-electron chi connectivity index (χ4n) is 3.51. The Kier molecular flexibility index (Phi) is 4.19. The summed E-state index contributed by atoms with van der Waals surface area (Å²) in [6, 6.07) is 18.7. The highest BCUT2D eigenvalue weighted by atomic mass is 16.1. The van der Waals surface area contributed by atoms with E-state index >= 15 is 0 Å². The zero-order valence-electron chi connectivity index (χ0n) is 12.6. The maximum atomic E-state index is 12.9. The van der Waals surface area contributed by atoms with Gasteiger partial charge in [0.15, 0.2) is 5.78 Å². The Balaban J connectivity index is 1.99. The van der Waals surface area contributed by atoms with Crippen LogP contribution in [0, 0.1) is 5.92 Å². The summed E-state index contributed by atoms with van der Waals surface area (Å²) in [4.78, 5) is 12.9. The van der Waals surface area contributed by atoms with Crippen molar-refractivity contribution >= 4 is 5.78 Å². The quantitative estimate of drug-likeness (QED) is 0.767. The average molecular weight is 278 g/mol. The van der Waals surface area contributed by atoms with Crippen molar-refractivity contribution in [1.29, 1.82) is 0 Å². The van der Waals surface area contributed by atoms with E-state index in [0.717, 1.165) is 31.2 Å². The van der Waals surface area contributed by atoms with E-state index in [1.54, 1.807) is 0 Å². The number of Topliss-reactive ketones (excluding diaryl/α,β-unsaturated/α-hetero) is 1. The number of carbonyl (C=O) groups excluding carboxylic acids is 1. The standard InChI is InChI=1S/C20H22O/c1-2-3-12-18-19(15-9-5-4-6-10-15)14-16-11-7-8-13-17(16)20(18)21/h4-11,13,18-19H,2-3,12,14H2,1H3. The highest BCUT2D eigenvalue weighted by Crippen LogP contribution is 2.39. The van der Waals surface area contributed by atoms with Gasteiger partial charge in [0.2, 0.25) is 0 Å². The van der Waals surface area contributed by atoms with E-state index in [0.29, 0.717) is 11.7 Å². The summed E-state index contributed by atoms with van der Waals surface area (Å²) in [5, 5.41) is 0. The number of hydrogen-bond donors (Lipinski definition) is 0. The maximum Gasteiger partial charge on any atom is 0.166 e. The van der Waals surface area contributed by atoms with Crippen LogP contribution in [0.5, 0.6) is 0 Å². The van der Waals surface area contributed by atoms with Crippen LogP contribution >= 0.6 is 0 Å². The zero-order valence-corrected chi connectivity index (χ0v) is 12.6. The summed E-state index contributed by atoms with van der Waals surface area (Å²) < 4.78 is 0. The number of rotatable bonds is 4. The summed E-state index contributed by atoms with van der Waals surface area (Å²) >= 11 is 0. The smallest absolute Gasteiger partial charge is 0.166 e. The number of benzene rings is 2. The third-order valence-corrected chi connectivity index (χ3v) is 4.64. The number of hydrogen-bond acceptors (Lipinski definition) is 1. The molecule has 1 aliphatic rings. The van der Waals surface area contributed by atoms with Crippen molar-refractivity contribution < 1.29 is 4.79 Å². The van der Waals surface area contributed by atoms with Gasteiger partial charge in [0.25, 0.3) is 0 Å². The van der Waals surface area contributed by atoms with Crippen LogP contribution in [0.15, 0.2) is 54.6 Å². The van der Waals surface area contributed by atoms with Crippen LogP contribution in [0.1, 0.15) is 53.6 Å². The molecule has 1 heteroatoms. The highest BCUT2D eigenvalue weighted by Gasteiger charge is 2.35. The van der Waals surface area contributed by atoms with Crippen LogP contribution in [-0.4, -0.2) is 5.78 Å². The molecular formula is C20H22O. The first-order valence-corrected chi connectivity index (χ1v) is 7.98. The molecule has 0 N–H and O–H groups in total. The van der Waals surface area contributed by atoms with Crippen molar-refractivity contribution in [3.05, 3.63) is 71.3 Å². The fourth-order valence-corrected chi connectivity index (χ4v) is 3.51. The van der Waals surface area contributed by atoms with E-state index in [1.165, 1.54) is 11.1 Å². The summed E-state index contributed by atoms with van der Waals surface area (Å²) in [6.07, 6.45) is 4.26. The first-order valence-electron chi connectivity index (χ1n) is 7.98. The van der Waals surface area contributed by atoms with Crippen molar-refractivity contribution in [3.63, 3.8) is 0 Å². The van der Waals surface area contributed by atoms with Gasteiger partial charge in [-0.25, -0.2) is 0 Å². The fraction of sp³-hybridized carbons (Fsp3) is 0.350. The molecule has 2 aromatic carbocycles. The number of ketones is 1. The monoisotopic (exact) mass is 278 g/mol. The third kappa shape index (κ3) is 2.78. The summed E-state index contributed by atoms with van der Waals surface area (Å²) in [5.74, 6) is 0.821. The van der Waals surface area contributed by atoms with Crippen LogP contribution in [0.25, 0.3) is 0 Å². The molecule has 2 atom stereocenters. The summed E-state index contributed by atoms with van der Waals surface area (Å²) in [7, 11) is 0. The van der Waals surface area contributed by atoms with E-state index in [-0.39, 0.29) is 5.92 Å². The summed E-state index contributed by atoms with van der Waals surface area (Å²) in [5.41, 5.74) is 3.47. The zero-order chi connectivity index (χ0) is 14.7. The van der Waals surface area contributed by atoms with Gasteiger partial charge in [-0.2, -0.15) is 0 Å². The normalized spacial score (nSPS) is 21.1. The third-order valence-electron chi connectivity index (χ3n) is 4.64. The second kappa shape index (κ2) is 6.26. The molecule has 0 aliphatic heterocycles. The molecule has 1 aliphatic carbocycles. The van der Waals surface area contributed by atoms with Crippen molar-refractivity contribution in [2.45, 2.75) is 38.5 Å². The van der Waals surface area contributed by atoms with Crippen LogP contribution in [0.3, 0.4) is 0 Å². The Labute approximate surface area is 127 Å². The van der Waals surface area contributed by atoms with Crippen LogP contribution in [0.2, 0.25) is 0 Å². The topological polar surface area (TPSA) is 17.1 Å². The van der Waals surface area contributed by atoms with Gasteiger partial charge in [0.05, 0.1) is 0 Å². The Morgan fingerprint density at radius 2 is 1.71 bits per heavy atom. The molecule has 0 heterocycles. The van der Waals surface area contributed by atoms with Gasteiger partial charge in [0.1, 0.15) is 0 Å². The van der Waals surface area contributed by atoms with Crippen LogP contribution in [-0.2, 0) is 6.42 Å². The molecule has 2 aromatic rings. The predicted octanol–water partition coefficient (Wildman–Crippen LogP) is 5.02. The number of carbonyl (C=O) groups is 1. The van der Waals surface area contributed by atoms with Gasteiger partial charge in [-0.1, -0.05) is 74.4 Å². The SMILES string of the molecule is CCCCC1C(=O)c2ccccc2CC1c1ccccc1. The van der Waals surface area contributed by atoms with Gasteiger partial charge in [-0.15, -0.1) is 0 Å². The van der Waals surface area contributed by atoms with Crippen molar-refractivity contribution in [2.75, 3.05) is 0 Å². The molecule has 21 heavy (non-hydrogen) atoms. The Morgan fingerprint density at radius 1 is 1.00 bits per heavy atom. The maximum absolute atomic E-state index is 12.9. The van der Waals surface area contributed by atoms with Crippen molar-refractivity contribution in [3.8, 4) is 0 Å². The number of fused-ring (bicyclic) bond motifs is 1. The first kappa shape index (κ1) is 14.1. The number of unbranched alkanes of at least 4 members (excludes halogenated alkanes) is 1. The predicted molar refractivity (Wildman–Crippen MR) is 86.7 cm³/mol. The van der Waals surface area contributed by atoms with E-state index < -0.39 is 0 Å². The van der Waals surface area contributed by atoms with Gasteiger partial charge in [0, 0.05) is 11.5 Å². The second-order valence-electron chi connectivity index (χ2n) is 5.99. The van der Waals surface area contributed by atoms with Crippen LogP contribution < -0.4 is 0 Å².